The van der Waals surface area contributed by atoms with Crippen LogP contribution < -0.4 is 15.5 Å². The number of methoxy groups -OCH3 is 1. The van der Waals surface area contributed by atoms with Crippen LogP contribution in [0.1, 0.15) is 39.5 Å². The maximum absolute atomic E-state index is 11.1. The van der Waals surface area contributed by atoms with Gasteiger partial charge in [-0.25, -0.2) is 0 Å². The molecule has 1 rings (SSSR count). The standard InChI is InChI=1S/C20H34N4O2.HI/c1-4-21-20(22-15-10-9-14-19(25)26-3)23-16-11-17-24(5-2)18-12-7-6-8-13-18;/h6-8,12-13H,4-5,9-11,14-17H2,1-3H3,(H2,21,22,23);1H. The molecule has 7 heteroatoms. The molecule has 27 heavy (non-hydrogen) atoms. The van der Waals surface area contributed by atoms with Crippen LogP contribution >= 0.6 is 24.0 Å². The van der Waals surface area contributed by atoms with Crippen molar-refractivity contribution in [1.82, 2.24) is 10.6 Å². The zero-order valence-corrected chi connectivity index (χ0v) is 19.2. The molecule has 0 unspecified atom stereocenters. The van der Waals surface area contributed by atoms with Gasteiger partial charge < -0.3 is 20.3 Å². The zero-order valence-electron chi connectivity index (χ0n) is 16.9. The lowest BCUT2D eigenvalue weighted by Gasteiger charge is -2.22. The van der Waals surface area contributed by atoms with Gasteiger partial charge in [0.25, 0.3) is 0 Å². The molecule has 0 aliphatic heterocycles. The van der Waals surface area contributed by atoms with Crippen LogP contribution in [-0.2, 0) is 9.53 Å². The van der Waals surface area contributed by atoms with Crippen LogP contribution in [0.3, 0.4) is 0 Å². The summed E-state index contributed by atoms with van der Waals surface area (Å²) in [7, 11) is 1.42. The minimum atomic E-state index is -0.149. The number of nitrogens with zero attached hydrogens (tertiary/aromatic N) is 2. The number of hydrogen-bond acceptors (Lipinski definition) is 4. The monoisotopic (exact) mass is 490 g/mol. The Kier molecular flexibility index (Phi) is 15.7. The first-order valence-corrected chi connectivity index (χ1v) is 9.60. The molecule has 0 fully saturated rings. The molecule has 0 atom stereocenters. The molecular formula is C20H35IN4O2. The Balaban J connectivity index is 0.00000676. The molecule has 2 N–H and O–H groups in total. The number of carbonyl (C=O) groups excluding carboxylic acids is 1. The fourth-order valence-electron chi connectivity index (χ4n) is 2.61. The van der Waals surface area contributed by atoms with Gasteiger partial charge in [-0.05, 0) is 45.2 Å². The SMILES string of the molecule is CCNC(=NCCCN(CC)c1ccccc1)NCCCCC(=O)OC.I. The Morgan fingerprint density at radius 1 is 1.11 bits per heavy atom. The predicted molar refractivity (Wildman–Crippen MR) is 124 cm³/mol. The number of hydrogen-bond donors (Lipinski definition) is 2. The van der Waals surface area contributed by atoms with Crippen LogP contribution in [0.4, 0.5) is 5.69 Å². The van der Waals surface area contributed by atoms with Gasteiger partial charge in [0.15, 0.2) is 5.96 Å². The molecule has 0 heterocycles. The van der Waals surface area contributed by atoms with E-state index in [-0.39, 0.29) is 29.9 Å². The first-order chi connectivity index (χ1) is 12.7. The molecule has 0 aliphatic carbocycles. The summed E-state index contributed by atoms with van der Waals surface area (Å²) in [6.45, 7) is 8.63. The van der Waals surface area contributed by atoms with Crippen LogP contribution in [-0.4, -0.2) is 51.8 Å². The highest BCUT2D eigenvalue weighted by Crippen LogP contribution is 2.12. The number of guanidine groups is 1. The Hall–Kier alpha value is -1.51. The number of unbranched alkanes of at least 4 members (excludes halogenated alkanes) is 1. The number of rotatable bonds is 12. The summed E-state index contributed by atoms with van der Waals surface area (Å²) in [4.78, 5) is 18.1. The minimum Gasteiger partial charge on any atom is -0.469 e. The van der Waals surface area contributed by atoms with E-state index in [1.165, 1.54) is 12.8 Å². The first kappa shape index (κ1) is 25.5. The quantitative estimate of drug-likeness (QED) is 0.155. The minimum absolute atomic E-state index is 0. The molecule has 0 saturated carbocycles. The van der Waals surface area contributed by atoms with E-state index in [9.17, 15) is 4.79 Å². The van der Waals surface area contributed by atoms with Crippen molar-refractivity contribution in [3.8, 4) is 0 Å². The van der Waals surface area contributed by atoms with Crippen LogP contribution in [0.5, 0.6) is 0 Å². The average molecular weight is 490 g/mol. The van der Waals surface area contributed by atoms with Gasteiger partial charge in [-0.2, -0.15) is 0 Å². The zero-order chi connectivity index (χ0) is 19.0. The number of anilines is 1. The number of nitrogens with one attached hydrogen (secondary N) is 2. The molecule has 0 saturated heterocycles. The van der Waals surface area contributed by atoms with Crippen LogP contribution in [0, 0.1) is 0 Å². The fraction of sp³-hybridized carbons (Fsp3) is 0.600. The van der Waals surface area contributed by atoms with E-state index in [0.29, 0.717) is 6.42 Å². The van der Waals surface area contributed by atoms with Gasteiger partial charge in [0, 0.05) is 44.8 Å². The fourth-order valence-corrected chi connectivity index (χ4v) is 2.61. The molecule has 0 amide bonds. The number of ether oxygens (including phenoxy) is 1. The van der Waals surface area contributed by atoms with Crippen molar-refractivity contribution in [2.75, 3.05) is 44.7 Å². The highest BCUT2D eigenvalue weighted by molar-refractivity contribution is 14.0. The van der Waals surface area contributed by atoms with Crippen molar-refractivity contribution >= 4 is 41.6 Å². The molecule has 1 aromatic rings. The second kappa shape index (κ2) is 16.6. The van der Waals surface area contributed by atoms with E-state index < -0.39 is 0 Å². The van der Waals surface area contributed by atoms with Crippen molar-refractivity contribution in [2.24, 2.45) is 4.99 Å². The first-order valence-electron chi connectivity index (χ1n) is 9.60. The van der Waals surface area contributed by atoms with Gasteiger partial charge in [0.2, 0.25) is 0 Å². The number of esters is 1. The van der Waals surface area contributed by atoms with E-state index in [1.54, 1.807) is 0 Å². The van der Waals surface area contributed by atoms with Gasteiger partial charge in [-0.1, -0.05) is 18.2 Å². The van der Waals surface area contributed by atoms with E-state index in [2.05, 4.69) is 63.4 Å². The van der Waals surface area contributed by atoms with Gasteiger partial charge in [-0.3, -0.25) is 9.79 Å². The smallest absolute Gasteiger partial charge is 0.305 e. The predicted octanol–water partition coefficient (Wildman–Crippen LogP) is 3.42. The highest BCUT2D eigenvalue weighted by atomic mass is 127. The lowest BCUT2D eigenvalue weighted by Crippen LogP contribution is -2.38. The molecule has 0 aliphatic rings. The molecule has 6 nitrogen and oxygen atoms in total. The highest BCUT2D eigenvalue weighted by Gasteiger charge is 2.03. The molecule has 1 aromatic carbocycles. The number of para-hydroxylation sites is 1. The topological polar surface area (TPSA) is 66.0 Å². The third kappa shape index (κ3) is 11.7. The lowest BCUT2D eigenvalue weighted by molar-refractivity contribution is -0.140. The number of benzene rings is 1. The number of halogens is 1. The van der Waals surface area contributed by atoms with Crippen molar-refractivity contribution in [3.63, 3.8) is 0 Å². The third-order valence-corrected chi connectivity index (χ3v) is 4.03. The number of aliphatic imine (C=N–C) groups is 1. The summed E-state index contributed by atoms with van der Waals surface area (Å²) in [6.07, 6.45) is 3.21. The maximum Gasteiger partial charge on any atom is 0.305 e. The van der Waals surface area contributed by atoms with Crippen molar-refractivity contribution in [3.05, 3.63) is 30.3 Å². The normalized spacial score (nSPS) is 10.7. The Labute approximate surface area is 181 Å². The Bertz CT molecular complexity index is 526. The van der Waals surface area contributed by atoms with Gasteiger partial charge in [0.1, 0.15) is 0 Å². The molecule has 0 spiro atoms. The summed E-state index contributed by atoms with van der Waals surface area (Å²) in [5, 5.41) is 6.58. The van der Waals surface area contributed by atoms with Gasteiger partial charge >= 0.3 is 5.97 Å². The second-order valence-corrected chi connectivity index (χ2v) is 5.99. The molecule has 0 radical (unpaired) electrons. The third-order valence-electron chi connectivity index (χ3n) is 4.03. The maximum atomic E-state index is 11.1. The van der Waals surface area contributed by atoms with E-state index >= 15 is 0 Å². The van der Waals surface area contributed by atoms with Crippen molar-refractivity contribution < 1.29 is 9.53 Å². The molecule has 0 bridgehead atoms. The Morgan fingerprint density at radius 3 is 2.48 bits per heavy atom. The van der Waals surface area contributed by atoms with Crippen LogP contribution in [0.15, 0.2) is 35.3 Å². The van der Waals surface area contributed by atoms with Gasteiger partial charge in [-0.15, -0.1) is 24.0 Å². The second-order valence-electron chi connectivity index (χ2n) is 5.99. The Morgan fingerprint density at radius 2 is 1.85 bits per heavy atom. The van der Waals surface area contributed by atoms with Crippen molar-refractivity contribution in [1.29, 1.82) is 0 Å². The summed E-state index contributed by atoms with van der Waals surface area (Å²) in [5.41, 5.74) is 1.26. The summed E-state index contributed by atoms with van der Waals surface area (Å²) in [6, 6.07) is 10.5. The van der Waals surface area contributed by atoms with Crippen molar-refractivity contribution in [2.45, 2.75) is 39.5 Å². The summed E-state index contributed by atoms with van der Waals surface area (Å²) >= 11 is 0. The summed E-state index contributed by atoms with van der Waals surface area (Å²) < 4.78 is 4.64. The molecule has 154 valence electrons. The largest absolute Gasteiger partial charge is 0.469 e. The lowest BCUT2D eigenvalue weighted by atomic mass is 10.2. The van der Waals surface area contributed by atoms with Crippen LogP contribution in [0.2, 0.25) is 0 Å². The molecule has 0 aromatic heterocycles. The van der Waals surface area contributed by atoms with E-state index in [1.807, 2.05) is 6.07 Å². The number of carbonyl (C=O) groups is 1. The van der Waals surface area contributed by atoms with Crippen LogP contribution in [0.25, 0.3) is 0 Å². The van der Waals surface area contributed by atoms with E-state index in [4.69, 9.17) is 0 Å². The van der Waals surface area contributed by atoms with E-state index in [0.717, 1.165) is 57.9 Å². The molecular weight excluding hydrogens is 455 g/mol. The van der Waals surface area contributed by atoms with Gasteiger partial charge in [0.05, 0.1) is 7.11 Å². The average Bonchev–Trinajstić information content (AvgIpc) is 2.68. The summed E-state index contributed by atoms with van der Waals surface area (Å²) in [5.74, 6) is 0.692.